The molecule has 0 fully saturated rings. The van der Waals surface area contributed by atoms with Crippen LogP contribution in [0.2, 0.25) is 0 Å². The van der Waals surface area contributed by atoms with Crippen LogP contribution in [0.3, 0.4) is 0 Å². The minimum atomic E-state index is -0.856. The van der Waals surface area contributed by atoms with Gasteiger partial charge < -0.3 is 9.52 Å². The summed E-state index contributed by atoms with van der Waals surface area (Å²) in [7, 11) is 0. The third kappa shape index (κ3) is 1.77. The lowest BCUT2D eigenvalue weighted by molar-refractivity contribution is -0.138. The third-order valence-corrected chi connectivity index (χ3v) is 2.84. The van der Waals surface area contributed by atoms with Crippen LogP contribution in [0.4, 0.5) is 0 Å². The second kappa shape index (κ2) is 3.70. The number of halogens is 1. The summed E-state index contributed by atoms with van der Waals surface area (Å²) in [6.07, 6.45) is 1.56. The zero-order chi connectivity index (χ0) is 11.0. The first-order chi connectivity index (χ1) is 7.09. The van der Waals surface area contributed by atoms with Crippen LogP contribution in [0.5, 0.6) is 0 Å². The second-order valence-electron chi connectivity index (χ2n) is 3.39. The highest BCUT2D eigenvalue weighted by Gasteiger charge is 2.18. The molecule has 0 aliphatic heterocycles. The minimum absolute atomic E-state index is 0.573. The molecular formula is C11H9BrO3. The van der Waals surface area contributed by atoms with E-state index in [4.69, 9.17) is 9.52 Å². The third-order valence-electron chi connectivity index (χ3n) is 2.38. The molecule has 1 heterocycles. The van der Waals surface area contributed by atoms with Crippen LogP contribution in [-0.2, 0) is 4.79 Å². The van der Waals surface area contributed by atoms with Gasteiger partial charge in [0.05, 0.1) is 12.2 Å². The number of benzene rings is 1. The van der Waals surface area contributed by atoms with E-state index in [1.165, 1.54) is 0 Å². The lowest BCUT2D eigenvalue weighted by atomic mass is 10.00. The molecule has 1 atom stereocenters. The number of carboxylic acid groups (broad SMARTS) is 1. The van der Waals surface area contributed by atoms with E-state index in [0.717, 1.165) is 9.86 Å². The maximum absolute atomic E-state index is 10.9. The smallest absolute Gasteiger partial charge is 0.310 e. The normalized spacial score (nSPS) is 12.9. The van der Waals surface area contributed by atoms with E-state index in [9.17, 15) is 4.79 Å². The summed E-state index contributed by atoms with van der Waals surface area (Å²) in [4.78, 5) is 10.9. The van der Waals surface area contributed by atoms with Crippen molar-refractivity contribution in [3.05, 3.63) is 34.5 Å². The molecule has 0 spiro atoms. The number of aliphatic carboxylic acids is 1. The van der Waals surface area contributed by atoms with Gasteiger partial charge in [-0.05, 0) is 25.1 Å². The number of rotatable bonds is 2. The first-order valence-electron chi connectivity index (χ1n) is 4.49. The largest absolute Gasteiger partial charge is 0.481 e. The fraction of sp³-hybridized carbons (Fsp3) is 0.182. The van der Waals surface area contributed by atoms with Crippen LogP contribution in [0.15, 0.2) is 33.4 Å². The van der Waals surface area contributed by atoms with E-state index < -0.39 is 11.9 Å². The van der Waals surface area contributed by atoms with Crippen molar-refractivity contribution in [2.45, 2.75) is 12.8 Å². The van der Waals surface area contributed by atoms with Gasteiger partial charge in [0.25, 0.3) is 0 Å². The molecule has 2 rings (SSSR count). The first kappa shape index (κ1) is 10.2. The zero-order valence-electron chi connectivity index (χ0n) is 8.03. The van der Waals surface area contributed by atoms with Crippen molar-refractivity contribution in [3.8, 4) is 0 Å². The Kier molecular flexibility index (Phi) is 2.52. The summed E-state index contributed by atoms with van der Waals surface area (Å²) in [6.45, 7) is 1.64. The molecule has 1 aromatic heterocycles. The van der Waals surface area contributed by atoms with E-state index in [1.54, 1.807) is 19.3 Å². The zero-order valence-corrected chi connectivity index (χ0v) is 9.61. The van der Waals surface area contributed by atoms with Gasteiger partial charge in [0.1, 0.15) is 5.58 Å². The number of hydrogen-bond donors (Lipinski definition) is 1. The summed E-state index contributed by atoms with van der Waals surface area (Å²) >= 11 is 3.35. The molecule has 15 heavy (non-hydrogen) atoms. The number of hydrogen-bond acceptors (Lipinski definition) is 2. The number of carbonyl (C=O) groups is 1. The Bertz CT molecular complexity index is 516. The van der Waals surface area contributed by atoms with Crippen LogP contribution in [-0.4, -0.2) is 11.1 Å². The molecule has 0 radical (unpaired) electrons. The van der Waals surface area contributed by atoms with Crippen LogP contribution in [0.1, 0.15) is 18.4 Å². The first-order valence-corrected chi connectivity index (χ1v) is 5.28. The predicted octanol–water partition coefficient (Wildman–Crippen LogP) is 3.38. The minimum Gasteiger partial charge on any atom is -0.481 e. The highest BCUT2D eigenvalue weighted by Crippen LogP contribution is 2.30. The van der Waals surface area contributed by atoms with E-state index >= 15 is 0 Å². The molecule has 2 aromatic rings. The fourth-order valence-corrected chi connectivity index (χ4v) is 2.02. The molecule has 0 amide bonds. The van der Waals surface area contributed by atoms with Gasteiger partial charge in [-0.1, -0.05) is 15.9 Å². The van der Waals surface area contributed by atoms with Crippen molar-refractivity contribution >= 4 is 32.9 Å². The van der Waals surface area contributed by atoms with Crippen molar-refractivity contribution in [1.29, 1.82) is 0 Å². The maximum atomic E-state index is 10.9. The Morgan fingerprint density at radius 2 is 2.27 bits per heavy atom. The van der Waals surface area contributed by atoms with Gasteiger partial charge in [0, 0.05) is 15.4 Å². The Hall–Kier alpha value is -1.29. The van der Waals surface area contributed by atoms with Gasteiger partial charge in [-0.3, -0.25) is 4.79 Å². The number of furan rings is 1. The molecule has 1 N–H and O–H groups in total. The highest BCUT2D eigenvalue weighted by atomic mass is 79.9. The van der Waals surface area contributed by atoms with E-state index in [1.807, 2.05) is 12.1 Å². The van der Waals surface area contributed by atoms with Crippen molar-refractivity contribution in [2.75, 3.05) is 0 Å². The molecule has 0 bridgehead atoms. The van der Waals surface area contributed by atoms with Gasteiger partial charge in [0.2, 0.25) is 0 Å². The Labute approximate surface area is 94.8 Å². The maximum Gasteiger partial charge on any atom is 0.310 e. The molecule has 4 heteroatoms. The molecular weight excluding hydrogens is 260 g/mol. The van der Waals surface area contributed by atoms with E-state index in [-0.39, 0.29) is 0 Å². The van der Waals surface area contributed by atoms with Crippen molar-refractivity contribution in [3.63, 3.8) is 0 Å². The summed E-state index contributed by atoms with van der Waals surface area (Å²) in [5.41, 5.74) is 1.34. The Morgan fingerprint density at radius 3 is 2.93 bits per heavy atom. The summed E-state index contributed by atoms with van der Waals surface area (Å²) in [5, 5.41) is 9.88. The standard InChI is InChI=1S/C11H9BrO3/c1-6(11(13)14)9-5-8(12)4-7-2-3-15-10(7)9/h2-6H,1H3,(H,13,14). The molecule has 0 aliphatic carbocycles. The van der Waals surface area contributed by atoms with Gasteiger partial charge in [-0.25, -0.2) is 0 Å². The van der Waals surface area contributed by atoms with Gasteiger partial charge in [-0.15, -0.1) is 0 Å². The summed E-state index contributed by atoms with van der Waals surface area (Å²) < 4.78 is 6.15. The predicted molar refractivity (Wildman–Crippen MR) is 60.0 cm³/mol. The molecule has 1 unspecified atom stereocenters. The summed E-state index contributed by atoms with van der Waals surface area (Å²) in [5.74, 6) is -1.43. The van der Waals surface area contributed by atoms with Crippen LogP contribution in [0.25, 0.3) is 11.0 Å². The number of fused-ring (bicyclic) bond motifs is 1. The SMILES string of the molecule is CC(C(=O)O)c1cc(Br)cc2ccoc12. The van der Waals surface area contributed by atoms with Crippen molar-refractivity contribution in [2.24, 2.45) is 0 Å². The number of carboxylic acids is 1. The monoisotopic (exact) mass is 268 g/mol. The van der Waals surface area contributed by atoms with Crippen LogP contribution in [0, 0.1) is 0 Å². The molecule has 3 nitrogen and oxygen atoms in total. The second-order valence-corrected chi connectivity index (χ2v) is 4.31. The lowest BCUT2D eigenvalue weighted by Gasteiger charge is -2.07. The van der Waals surface area contributed by atoms with Crippen molar-refractivity contribution < 1.29 is 14.3 Å². The molecule has 78 valence electrons. The Balaban J connectivity index is 2.67. The molecule has 1 aromatic carbocycles. The summed E-state index contributed by atoms with van der Waals surface area (Å²) in [6, 6.07) is 5.50. The van der Waals surface area contributed by atoms with Gasteiger partial charge in [-0.2, -0.15) is 0 Å². The van der Waals surface area contributed by atoms with Gasteiger partial charge >= 0.3 is 5.97 Å². The van der Waals surface area contributed by atoms with Crippen LogP contribution < -0.4 is 0 Å². The lowest BCUT2D eigenvalue weighted by Crippen LogP contribution is -2.07. The molecule has 0 saturated heterocycles. The topological polar surface area (TPSA) is 50.4 Å². The van der Waals surface area contributed by atoms with Crippen molar-refractivity contribution in [1.82, 2.24) is 0 Å². The van der Waals surface area contributed by atoms with E-state index in [0.29, 0.717) is 11.1 Å². The Morgan fingerprint density at radius 1 is 1.53 bits per heavy atom. The van der Waals surface area contributed by atoms with Crippen LogP contribution >= 0.6 is 15.9 Å². The quantitative estimate of drug-likeness (QED) is 0.909. The molecule has 0 aliphatic rings. The van der Waals surface area contributed by atoms with E-state index in [2.05, 4.69) is 15.9 Å². The fourth-order valence-electron chi connectivity index (χ4n) is 1.53. The van der Waals surface area contributed by atoms with Gasteiger partial charge in [0.15, 0.2) is 0 Å². The molecule has 0 saturated carbocycles. The average molecular weight is 269 g/mol. The highest BCUT2D eigenvalue weighted by molar-refractivity contribution is 9.10. The average Bonchev–Trinajstić information content (AvgIpc) is 2.62.